The van der Waals surface area contributed by atoms with Crippen LogP contribution in [0.15, 0.2) is 0 Å². The second-order valence-electron chi connectivity index (χ2n) is 3.86. The van der Waals surface area contributed by atoms with Crippen LogP contribution in [0, 0.1) is 5.92 Å². The van der Waals surface area contributed by atoms with Crippen molar-refractivity contribution < 1.29 is 14.3 Å². The van der Waals surface area contributed by atoms with E-state index in [0.717, 1.165) is 6.42 Å². The van der Waals surface area contributed by atoms with Crippen LogP contribution in [-0.2, 0) is 14.3 Å². The minimum absolute atomic E-state index is 0.105. The zero-order valence-corrected chi connectivity index (χ0v) is 9.49. The molecule has 0 aliphatic carbocycles. The van der Waals surface area contributed by atoms with Crippen LogP contribution in [-0.4, -0.2) is 42.9 Å². The number of Topliss-reactive ketones (excluding diaryl/α,β-unsaturated/α-hetero) is 1. The first-order chi connectivity index (χ1) is 7.17. The Morgan fingerprint density at radius 1 is 1.53 bits per heavy atom. The fraction of sp³-hybridized carbons (Fsp3) is 0.818. The molecule has 86 valence electrons. The van der Waals surface area contributed by atoms with Crippen LogP contribution < -0.4 is 0 Å². The van der Waals surface area contributed by atoms with Gasteiger partial charge in [-0.1, -0.05) is 6.92 Å². The topological polar surface area (TPSA) is 46.6 Å². The lowest BCUT2D eigenvalue weighted by Crippen LogP contribution is -2.43. The second kappa shape index (κ2) is 5.85. The Bertz CT molecular complexity index is 240. The maximum atomic E-state index is 11.4. The Hall–Kier alpha value is -0.900. The van der Waals surface area contributed by atoms with Crippen molar-refractivity contribution in [1.82, 2.24) is 4.90 Å². The molecule has 0 aromatic heterocycles. The molecule has 15 heavy (non-hydrogen) atoms. The van der Waals surface area contributed by atoms with Crippen molar-refractivity contribution >= 4 is 11.8 Å². The molecule has 0 aromatic rings. The van der Waals surface area contributed by atoms with E-state index in [9.17, 15) is 9.59 Å². The molecule has 0 radical (unpaired) electrons. The van der Waals surface area contributed by atoms with Crippen molar-refractivity contribution in [3.63, 3.8) is 0 Å². The highest BCUT2D eigenvalue weighted by Gasteiger charge is 2.26. The molecule has 0 N–H and O–H groups in total. The van der Waals surface area contributed by atoms with Crippen LogP contribution in [0.5, 0.6) is 0 Å². The Morgan fingerprint density at radius 2 is 2.27 bits per heavy atom. The standard InChI is InChI=1S/C11H19NO3/c1-3-9-7-12(6-5-10(9)13)8-11(14)15-4-2/h9H,3-8H2,1-2H3. The highest BCUT2D eigenvalue weighted by Crippen LogP contribution is 2.15. The Kier molecular flexibility index (Phi) is 4.75. The number of esters is 1. The molecule has 0 spiro atoms. The summed E-state index contributed by atoms with van der Waals surface area (Å²) in [6.07, 6.45) is 1.43. The third-order valence-corrected chi connectivity index (χ3v) is 2.76. The van der Waals surface area contributed by atoms with Gasteiger partial charge in [0.15, 0.2) is 0 Å². The lowest BCUT2D eigenvalue weighted by Gasteiger charge is -2.30. The number of carbonyl (C=O) groups excluding carboxylic acids is 2. The SMILES string of the molecule is CCOC(=O)CN1CCC(=O)C(CC)C1. The zero-order valence-electron chi connectivity index (χ0n) is 9.49. The summed E-state index contributed by atoms with van der Waals surface area (Å²) in [5.74, 6) is 0.243. The van der Waals surface area contributed by atoms with Crippen molar-refractivity contribution in [3.8, 4) is 0 Å². The number of hydrogen-bond acceptors (Lipinski definition) is 4. The van der Waals surface area contributed by atoms with Gasteiger partial charge in [0, 0.05) is 25.4 Å². The van der Waals surface area contributed by atoms with Crippen molar-refractivity contribution in [1.29, 1.82) is 0 Å². The highest BCUT2D eigenvalue weighted by molar-refractivity contribution is 5.82. The molecule has 1 heterocycles. The first kappa shape index (κ1) is 12.2. The van der Waals surface area contributed by atoms with Crippen molar-refractivity contribution in [2.45, 2.75) is 26.7 Å². The highest BCUT2D eigenvalue weighted by atomic mass is 16.5. The van der Waals surface area contributed by atoms with E-state index in [1.54, 1.807) is 6.92 Å². The van der Waals surface area contributed by atoms with Gasteiger partial charge in [-0.05, 0) is 13.3 Å². The smallest absolute Gasteiger partial charge is 0.320 e. The molecule has 1 fully saturated rings. The largest absolute Gasteiger partial charge is 0.465 e. The molecule has 1 unspecified atom stereocenters. The van der Waals surface area contributed by atoms with Crippen LogP contribution in [0.25, 0.3) is 0 Å². The van der Waals surface area contributed by atoms with Gasteiger partial charge in [-0.3, -0.25) is 14.5 Å². The maximum Gasteiger partial charge on any atom is 0.320 e. The molecule has 1 aliphatic rings. The molecule has 4 nitrogen and oxygen atoms in total. The summed E-state index contributed by atoms with van der Waals surface area (Å²) in [4.78, 5) is 24.7. The quantitative estimate of drug-likeness (QED) is 0.649. The van der Waals surface area contributed by atoms with Gasteiger partial charge in [-0.25, -0.2) is 0 Å². The van der Waals surface area contributed by atoms with Gasteiger partial charge in [0.1, 0.15) is 5.78 Å². The van der Waals surface area contributed by atoms with E-state index in [-0.39, 0.29) is 11.9 Å². The molecule has 1 aliphatic heterocycles. The molecule has 0 bridgehead atoms. The van der Waals surface area contributed by atoms with Crippen LogP contribution in [0.1, 0.15) is 26.7 Å². The predicted molar refractivity (Wildman–Crippen MR) is 56.5 cm³/mol. The minimum Gasteiger partial charge on any atom is -0.465 e. The van der Waals surface area contributed by atoms with Gasteiger partial charge in [-0.15, -0.1) is 0 Å². The zero-order chi connectivity index (χ0) is 11.3. The van der Waals surface area contributed by atoms with Gasteiger partial charge in [0.05, 0.1) is 13.2 Å². The predicted octanol–water partition coefficient (Wildman–Crippen LogP) is 0.851. The van der Waals surface area contributed by atoms with Crippen molar-refractivity contribution in [3.05, 3.63) is 0 Å². The molecular weight excluding hydrogens is 194 g/mol. The molecule has 1 rings (SSSR count). The van der Waals surface area contributed by atoms with E-state index in [4.69, 9.17) is 4.74 Å². The normalized spacial score (nSPS) is 22.8. The van der Waals surface area contributed by atoms with Crippen LogP contribution >= 0.6 is 0 Å². The second-order valence-corrected chi connectivity index (χ2v) is 3.86. The number of carbonyl (C=O) groups is 2. The molecule has 1 saturated heterocycles. The Labute approximate surface area is 90.6 Å². The molecule has 0 aromatic carbocycles. The van der Waals surface area contributed by atoms with Gasteiger partial charge < -0.3 is 4.74 Å². The van der Waals surface area contributed by atoms with Crippen LogP contribution in [0.4, 0.5) is 0 Å². The summed E-state index contributed by atoms with van der Waals surface area (Å²) >= 11 is 0. The Morgan fingerprint density at radius 3 is 2.87 bits per heavy atom. The Balaban J connectivity index is 2.38. The van der Waals surface area contributed by atoms with E-state index in [1.807, 2.05) is 11.8 Å². The minimum atomic E-state index is -0.193. The molecule has 4 heteroatoms. The maximum absolute atomic E-state index is 11.4. The summed E-state index contributed by atoms with van der Waals surface area (Å²) < 4.78 is 4.87. The third kappa shape index (κ3) is 3.63. The molecule has 1 atom stereocenters. The fourth-order valence-corrected chi connectivity index (χ4v) is 1.87. The average molecular weight is 213 g/mol. The summed E-state index contributed by atoms with van der Waals surface area (Å²) in [5.41, 5.74) is 0. The number of piperidine rings is 1. The van der Waals surface area contributed by atoms with E-state index >= 15 is 0 Å². The number of likely N-dealkylation sites (tertiary alicyclic amines) is 1. The number of hydrogen-bond donors (Lipinski definition) is 0. The number of nitrogens with zero attached hydrogens (tertiary/aromatic N) is 1. The lowest BCUT2D eigenvalue weighted by atomic mass is 9.94. The summed E-state index contributed by atoms with van der Waals surface area (Å²) in [7, 11) is 0. The van der Waals surface area contributed by atoms with Gasteiger partial charge in [0.25, 0.3) is 0 Å². The van der Waals surface area contributed by atoms with Gasteiger partial charge in [0.2, 0.25) is 0 Å². The fourth-order valence-electron chi connectivity index (χ4n) is 1.87. The van der Waals surface area contributed by atoms with Crippen LogP contribution in [0.3, 0.4) is 0 Å². The number of rotatable bonds is 4. The van der Waals surface area contributed by atoms with Crippen molar-refractivity contribution in [2.24, 2.45) is 5.92 Å². The first-order valence-corrected chi connectivity index (χ1v) is 5.58. The summed E-state index contributed by atoms with van der Waals surface area (Å²) in [6.45, 7) is 5.94. The number of ether oxygens (including phenoxy) is 1. The van der Waals surface area contributed by atoms with Crippen molar-refractivity contribution in [2.75, 3.05) is 26.2 Å². The van der Waals surface area contributed by atoms with E-state index in [2.05, 4.69) is 0 Å². The molecular formula is C11H19NO3. The third-order valence-electron chi connectivity index (χ3n) is 2.76. The van der Waals surface area contributed by atoms with E-state index in [1.165, 1.54) is 0 Å². The summed E-state index contributed by atoms with van der Waals surface area (Å²) in [5, 5.41) is 0. The van der Waals surface area contributed by atoms with Crippen LogP contribution in [0.2, 0.25) is 0 Å². The monoisotopic (exact) mass is 213 g/mol. The molecule has 0 amide bonds. The van der Waals surface area contributed by atoms with Gasteiger partial charge >= 0.3 is 5.97 Å². The average Bonchev–Trinajstić information content (AvgIpc) is 2.21. The molecule has 0 saturated carbocycles. The van der Waals surface area contributed by atoms with E-state index in [0.29, 0.717) is 38.4 Å². The number of ketones is 1. The lowest BCUT2D eigenvalue weighted by molar-refractivity contribution is -0.146. The van der Waals surface area contributed by atoms with Gasteiger partial charge in [-0.2, -0.15) is 0 Å². The summed E-state index contributed by atoms with van der Waals surface area (Å²) in [6, 6.07) is 0. The first-order valence-electron chi connectivity index (χ1n) is 5.58. The van der Waals surface area contributed by atoms with E-state index < -0.39 is 0 Å².